The van der Waals surface area contributed by atoms with Gasteiger partial charge in [-0.05, 0) is 54.0 Å². The van der Waals surface area contributed by atoms with Crippen LogP contribution in [0.15, 0.2) is 58.4 Å². The van der Waals surface area contributed by atoms with E-state index < -0.39 is 16.8 Å². The minimum atomic E-state index is -0.506. The van der Waals surface area contributed by atoms with Gasteiger partial charge < -0.3 is 4.98 Å². The molecule has 2 aliphatic heterocycles. The van der Waals surface area contributed by atoms with Gasteiger partial charge in [-0.2, -0.15) is 0 Å². The lowest BCUT2D eigenvalue weighted by atomic mass is 9.68. The van der Waals surface area contributed by atoms with Crippen LogP contribution in [0.25, 0.3) is 0 Å². The molecule has 0 spiro atoms. The Balaban J connectivity index is 1.29. The number of amides is 2. The first kappa shape index (κ1) is 22.3. The summed E-state index contributed by atoms with van der Waals surface area (Å²) in [6, 6.07) is 13.2. The van der Waals surface area contributed by atoms with E-state index in [-0.39, 0.29) is 51.3 Å². The Morgan fingerprint density at radius 2 is 1.64 bits per heavy atom. The van der Waals surface area contributed by atoms with Gasteiger partial charge in [0.25, 0.3) is 5.69 Å². The molecule has 3 aromatic rings. The van der Waals surface area contributed by atoms with Crippen LogP contribution in [-0.2, 0) is 9.59 Å². The topological polar surface area (TPSA) is 113 Å². The molecule has 7 rings (SSSR count). The summed E-state index contributed by atoms with van der Waals surface area (Å²) in [5, 5.41) is 12.6. The van der Waals surface area contributed by atoms with Crippen molar-refractivity contribution in [2.45, 2.75) is 22.6 Å². The number of carbonyl (C=O) groups is 2. The molecule has 0 radical (unpaired) electrons. The summed E-state index contributed by atoms with van der Waals surface area (Å²) in [7, 11) is 0. The number of nitrogens with one attached hydrogen (secondary N) is 1. The summed E-state index contributed by atoms with van der Waals surface area (Å²) in [5.41, 5.74) is 1.34. The van der Waals surface area contributed by atoms with Gasteiger partial charge in [0.2, 0.25) is 11.8 Å². The van der Waals surface area contributed by atoms with Crippen molar-refractivity contribution in [3.63, 3.8) is 0 Å². The monoisotopic (exact) mass is 539 g/mol. The van der Waals surface area contributed by atoms with Gasteiger partial charge in [-0.25, -0.2) is 0 Å². The number of carbonyl (C=O) groups excluding carboxylic acids is 2. The van der Waals surface area contributed by atoms with Crippen molar-refractivity contribution in [1.82, 2.24) is 4.98 Å². The number of nitro groups is 1. The summed E-state index contributed by atoms with van der Waals surface area (Å²) in [4.78, 5) is 55.3. The second-order valence-electron chi connectivity index (χ2n) is 9.80. The van der Waals surface area contributed by atoms with Gasteiger partial charge in [0, 0.05) is 33.2 Å². The molecule has 2 bridgehead atoms. The third kappa shape index (κ3) is 2.98. The van der Waals surface area contributed by atoms with Crippen molar-refractivity contribution in [1.29, 1.82) is 0 Å². The molecule has 3 heterocycles. The highest BCUT2D eigenvalue weighted by atomic mass is 35.5. The molecule has 1 N–H and O–H groups in total. The number of nitro benzene ring substituents is 1. The Labute approximate surface area is 217 Å². The maximum atomic E-state index is 13.7. The van der Waals surface area contributed by atoms with E-state index in [0.29, 0.717) is 10.7 Å². The fraction of sp³-hybridized carbons (Fsp3) is 0.320. The molecule has 0 unspecified atom stereocenters. The predicted molar refractivity (Wildman–Crippen MR) is 136 cm³/mol. The zero-order valence-electron chi connectivity index (χ0n) is 18.5. The zero-order chi connectivity index (χ0) is 24.9. The number of imide groups is 1. The van der Waals surface area contributed by atoms with Gasteiger partial charge in [-0.1, -0.05) is 35.1 Å². The van der Waals surface area contributed by atoms with Crippen LogP contribution in [0.1, 0.15) is 22.8 Å². The third-order valence-electron chi connectivity index (χ3n) is 8.27. The van der Waals surface area contributed by atoms with Gasteiger partial charge in [-0.3, -0.25) is 29.4 Å². The molecule has 2 saturated carbocycles. The van der Waals surface area contributed by atoms with Gasteiger partial charge in [0.1, 0.15) is 0 Å². The van der Waals surface area contributed by atoms with Gasteiger partial charge >= 0.3 is 4.87 Å². The van der Waals surface area contributed by atoms with Crippen molar-refractivity contribution < 1.29 is 14.5 Å². The summed E-state index contributed by atoms with van der Waals surface area (Å²) in [6.07, 6.45) is 0.798. The van der Waals surface area contributed by atoms with Crippen LogP contribution in [0.3, 0.4) is 0 Å². The highest BCUT2D eigenvalue weighted by Gasteiger charge is 2.69. The summed E-state index contributed by atoms with van der Waals surface area (Å²) >= 11 is 9.01. The lowest BCUT2D eigenvalue weighted by Gasteiger charge is -2.43. The molecule has 2 aromatic carbocycles. The molecule has 11 heteroatoms. The molecule has 3 fully saturated rings. The van der Waals surface area contributed by atoms with Crippen LogP contribution >= 0.6 is 34.7 Å². The Bertz CT molecular complexity index is 1500. The average molecular weight is 540 g/mol. The van der Waals surface area contributed by atoms with E-state index in [9.17, 15) is 24.5 Å². The minimum Gasteiger partial charge on any atom is -0.307 e. The molecule has 4 aliphatic rings. The number of rotatable bonds is 3. The van der Waals surface area contributed by atoms with Crippen LogP contribution < -0.4 is 9.77 Å². The number of non-ortho nitro benzene ring substituents is 1. The number of thioether (sulfide) groups is 1. The number of nitrogens with zero attached hydrogens (tertiary/aromatic N) is 2. The molecule has 8 nitrogen and oxygen atoms in total. The molecular formula is C25H18ClN3O5S2. The number of hydrogen-bond donors (Lipinski definition) is 1. The zero-order valence-corrected chi connectivity index (χ0v) is 20.9. The highest BCUT2D eigenvalue weighted by Crippen LogP contribution is 2.68. The first-order chi connectivity index (χ1) is 17.3. The van der Waals surface area contributed by atoms with Crippen molar-refractivity contribution in [2.24, 2.45) is 29.6 Å². The predicted octanol–water partition coefficient (Wildman–Crippen LogP) is 4.68. The van der Waals surface area contributed by atoms with Crippen molar-refractivity contribution in [3.05, 3.63) is 83.8 Å². The SMILES string of the molecule is O=C1[C@H]2[C@H]3C[C@@H]([C@@H]2C(=O)N1c1ccc([N+](=O)[O-])cc1)[C@H]1[C@H](c2ccc(Cl)cc2)c2sc(=O)[nH]c2S[C@H]31. The van der Waals surface area contributed by atoms with E-state index in [1.165, 1.54) is 40.5 Å². The largest absolute Gasteiger partial charge is 0.307 e. The summed E-state index contributed by atoms with van der Waals surface area (Å²) in [5.74, 6) is -1.22. The fourth-order valence-electron chi connectivity index (χ4n) is 7.04. The van der Waals surface area contributed by atoms with E-state index in [4.69, 9.17) is 11.6 Å². The Kier molecular flexibility index (Phi) is 4.81. The first-order valence-corrected chi connectivity index (χ1v) is 13.7. The number of hydrogen-bond acceptors (Lipinski definition) is 7. The minimum absolute atomic E-state index is 0.00280. The van der Waals surface area contributed by atoms with Crippen LogP contribution in [0.2, 0.25) is 5.02 Å². The number of benzene rings is 2. The molecule has 2 aliphatic carbocycles. The third-order valence-corrected chi connectivity index (χ3v) is 11.1. The molecular weight excluding hydrogens is 522 g/mol. The molecule has 2 amide bonds. The smallest absolute Gasteiger partial charge is 0.305 e. The molecule has 182 valence electrons. The highest BCUT2D eigenvalue weighted by molar-refractivity contribution is 8.00. The number of halogens is 1. The number of H-pyrrole nitrogens is 1. The van der Waals surface area contributed by atoms with Crippen LogP contribution in [0.4, 0.5) is 11.4 Å². The van der Waals surface area contributed by atoms with Crippen LogP contribution in [-0.4, -0.2) is 27.0 Å². The van der Waals surface area contributed by atoms with E-state index in [2.05, 4.69) is 4.98 Å². The second-order valence-corrected chi connectivity index (χ2v) is 12.4. The van der Waals surface area contributed by atoms with Crippen LogP contribution in [0, 0.1) is 39.7 Å². The van der Waals surface area contributed by atoms with E-state index >= 15 is 0 Å². The van der Waals surface area contributed by atoms with Gasteiger partial charge in [0.05, 0.1) is 27.5 Å². The average Bonchev–Trinajstić information content (AvgIpc) is 3.58. The second kappa shape index (κ2) is 7.77. The Morgan fingerprint density at radius 3 is 2.31 bits per heavy atom. The van der Waals surface area contributed by atoms with Crippen molar-refractivity contribution in [2.75, 3.05) is 4.90 Å². The quantitative estimate of drug-likeness (QED) is 0.294. The maximum Gasteiger partial charge on any atom is 0.305 e. The number of fused-ring (bicyclic) bond motifs is 9. The van der Waals surface area contributed by atoms with Gasteiger partial charge in [-0.15, -0.1) is 11.8 Å². The Hall–Kier alpha value is -2.95. The van der Waals surface area contributed by atoms with Crippen molar-refractivity contribution >= 4 is 57.9 Å². The molecule has 36 heavy (non-hydrogen) atoms. The molecule has 1 saturated heterocycles. The maximum absolute atomic E-state index is 13.7. The lowest BCUT2D eigenvalue weighted by molar-refractivity contribution is -0.384. The summed E-state index contributed by atoms with van der Waals surface area (Å²) in [6.45, 7) is 0. The standard InChI is InChI=1S/C25H18ClN3O5S2/c26-11-3-1-10(2-4-11)16-17-14-9-15(20(17)35-22-21(16)36-25(32)27-22)19-18(14)23(30)28(24(19)31)12-5-7-13(8-6-12)29(33)34/h1-8,14-20H,9H2,(H,27,32)/t14-,15-,16+,17+,18+,19+,20-/m1/s1. The normalized spacial score (nSPS) is 31.9. The van der Waals surface area contributed by atoms with E-state index in [0.717, 1.165) is 21.9 Å². The van der Waals surface area contributed by atoms with Crippen molar-refractivity contribution in [3.8, 4) is 0 Å². The number of thiazole rings is 1. The van der Waals surface area contributed by atoms with Crippen LogP contribution in [0.5, 0.6) is 0 Å². The van der Waals surface area contributed by atoms with E-state index in [1.54, 1.807) is 11.8 Å². The first-order valence-electron chi connectivity index (χ1n) is 11.6. The van der Waals surface area contributed by atoms with Gasteiger partial charge in [0.15, 0.2) is 0 Å². The fourth-order valence-corrected chi connectivity index (χ4v) is 10.1. The molecule has 1 aromatic heterocycles. The number of anilines is 1. The number of aromatic nitrogens is 1. The molecule has 7 atom stereocenters. The lowest BCUT2D eigenvalue weighted by Crippen LogP contribution is -2.42. The number of aromatic amines is 1. The summed E-state index contributed by atoms with van der Waals surface area (Å²) < 4.78 is 0. The van der Waals surface area contributed by atoms with E-state index in [1.807, 2.05) is 24.3 Å². The Morgan fingerprint density at radius 1 is 0.972 bits per heavy atom.